The molecule has 0 saturated heterocycles. The SMILES string of the molecule is C#CCNC(CCC)(C(=O)OC)c1ccccc1. The van der Waals surface area contributed by atoms with Crippen molar-refractivity contribution in [3.05, 3.63) is 35.9 Å². The highest BCUT2D eigenvalue weighted by Gasteiger charge is 2.39. The van der Waals surface area contributed by atoms with E-state index in [4.69, 9.17) is 11.2 Å². The molecule has 0 fully saturated rings. The van der Waals surface area contributed by atoms with Crippen molar-refractivity contribution < 1.29 is 9.53 Å². The van der Waals surface area contributed by atoms with E-state index in [2.05, 4.69) is 11.2 Å². The number of carbonyl (C=O) groups is 1. The quantitative estimate of drug-likeness (QED) is 0.616. The molecule has 0 aromatic heterocycles. The average Bonchev–Trinajstić information content (AvgIpc) is 2.43. The fourth-order valence-electron chi connectivity index (χ4n) is 2.10. The summed E-state index contributed by atoms with van der Waals surface area (Å²) >= 11 is 0. The first-order chi connectivity index (χ1) is 8.71. The molecule has 3 nitrogen and oxygen atoms in total. The van der Waals surface area contributed by atoms with E-state index in [1.165, 1.54) is 7.11 Å². The molecule has 0 saturated carbocycles. The van der Waals surface area contributed by atoms with Crippen LogP contribution in [-0.2, 0) is 15.1 Å². The number of terminal acetylenes is 1. The molecule has 0 bridgehead atoms. The van der Waals surface area contributed by atoms with Crippen molar-refractivity contribution in [3.63, 3.8) is 0 Å². The normalized spacial score (nSPS) is 13.4. The molecule has 1 atom stereocenters. The van der Waals surface area contributed by atoms with E-state index in [0.29, 0.717) is 13.0 Å². The molecule has 0 heterocycles. The second kappa shape index (κ2) is 6.83. The lowest BCUT2D eigenvalue weighted by Gasteiger charge is -2.31. The van der Waals surface area contributed by atoms with Crippen LogP contribution in [0.4, 0.5) is 0 Å². The fraction of sp³-hybridized carbons (Fsp3) is 0.400. The Hall–Kier alpha value is -1.79. The third kappa shape index (κ3) is 2.91. The van der Waals surface area contributed by atoms with Crippen LogP contribution in [-0.4, -0.2) is 19.6 Å². The first-order valence-corrected chi connectivity index (χ1v) is 6.03. The molecular weight excluding hydrogens is 226 g/mol. The monoisotopic (exact) mass is 245 g/mol. The summed E-state index contributed by atoms with van der Waals surface area (Å²) in [6.07, 6.45) is 6.78. The average molecular weight is 245 g/mol. The minimum atomic E-state index is -0.850. The van der Waals surface area contributed by atoms with Crippen LogP contribution in [0.5, 0.6) is 0 Å². The van der Waals surface area contributed by atoms with Crippen molar-refractivity contribution in [2.75, 3.05) is 13.7 Å². The molecule has 1 aromatic carbocycles. The summed E-state index contributed by atoms with van der Waals surface area (Å²) < 4.78 is 4.95. The number of hydrogen-bond donors (Lipinski definition) is 1. The van der Waals surface area contributed by atoms with Crippen LogP contribution in [0.3, 0.4) is 0 Å². The summed E-state index contributed by atoms with van der Waals surface area (Å²) in [6, 6.07) is 9.55. The molecule has 1 unspecified atom stereocenters. The van der Waals surface area contributed by atoms with Gasteiger partial charge in [-0.2, -0.15) is 0 Å². The van der Waals surface area contributed by atoms with Gasteiger partial charge >= 0.3 is 5.97 Å². The molecule has 1 aromatic rings. The molecule has 0 aliphatic heterocycles. The molecule has 0 spiro atoms. The summed E-state index contributed by atoms with van der Waals surface area (Å²) in [5.41, 5.74) is 0.0332. The highest BCUT2D eigenvalue weighted by atomic mass is 16.5. The Kier molecular flexibility index (Phi) is 5.41. The maximum Gasteiger partial charge on any atom is 0.330 e. The Balaban J connectivity index is 3.20. The number of ether oxygens (including phenoxy) is 1. The first kappa shape index (κ1) is 14.3. The molecule has 1 rings (SSSR count). The Morgan fingerprint density at radius 1 is 1.44 bits per heavy atom. The van der Waals surface area contributed by atoms with Crippen molar-refractivity contribution in [1.82, 2.24) is 5.32 Å². The molecule has 96 valence electrons. The topological polar surface area (TPSA) is 38.3 Å². The predicted molar refractivity (Wildman–Crippen MR) is 71.9 cm³/mol. The number of nitrogens with one attached hydrogen (secondary N) is 1. The highest BCUT2D eigenvalue weighted by Crippen LogP contribution is 2.28. The minimum Gasteiger partial charge on any atom is -0.467 e. The van der Waals surface area contributed by atoms with E-state index in [1.54, 1.807) is 0 Å². The van der Waals surface area contributed by atoms with Crippen molar-refractivity contribution >= 4 is 5.97 Å². The minimum absolute atomic E-state index is 0.300. The smallest absolute Gasteiger partial charge is 0.330 e. The Bertz CT molecular complexity index is 422. The van der Waals surface area contributed by atoms with Gasteiger partial charge in [0.05, 0.1) is 13.7 Å². The molecule has 18 heavy (non-hydrogen) atoms. The zero-order valence-corrected chi connectivity index (χ0v) is 10.9. The molecule has 3 heteroatoms. The third-order valence-corrected chi connectivity index (χ3v) is 2.92. The lowest BCUT2D eigenvalue weighted by atomic mass is 9.85. The van der Waals surface area contributed by atoms with Crippen LogP contribution in [0.25, 0.3) is 0 Å². The van der Waals surface area contributed by atoms with E-state index in [0.717, 1.165) is 12.0 Å². The van der Waals surface area contributed by atoms with Gasteiger partial charge in [-0.25, -0.2) is 4.79 Å². The molecule has 1 N–H and O–H groups in total. The van der Waals surface area contributed by atoms with Gasteiger partial charge in [-0.3, -0.25) is 5.32 Å². The molecular formula is C15H19NO2. The second-order valence-corrected chi connectivity index (χ2v) is 4.07. The van der Waals surface area contributed by atoms with E-state index in [-0.39, 0.29) is 5.97 Å². The number of rotatable bonds is 6. The first-order valence-electron chi connectivity index (χ1n) is 6.03. The van der Waals surface area contributed by atoms with Gasteiger partial charge in [-0.1, -0.05) is 49.6 Å². The van der Waals surface area contributed by atoms with Crippen LogP contribution in [0.1, 0.15) is 25.3 Å². The maximum atomic E-state index is 12.2. The van der Waals surface area contributed by atoms with E-state index in [1.807, 2.05) is 37.3 Å². The summed E-state index contributed by atoms with van der Waals surface area (Å²) in [4.78, 5) is 12.2. The lowest BCUT2D eigenvalue weighted by molar-refractivity contribution is -0.149. The predicted octanol–water partition coefficient (Wildman–Crippen LogP) is 2.08. The molecule has 0 aliphatic rings. The van der Waals surface area contributed by atoms with Gasteiger partial charge in [-0.05, 0) is 12.0 Å². The summed E-state index contributed by atoms with van der Waals surface area (Å²) in [6.45, 7) is 2.35. The number of carbonyl (C=O) groups excluding carboxylic acids is 1. The third-order valence-electron chi connectivity index (χ3n) is 2.92. The highest BCUT2D eigenvalue weighted by molar-refractivity contribution is 5.82. The van der Waals surface area contributed by atoms with E-state index < -0.39 is 5.54 Å². The van der Waals surface area contributed by atoms with Crippen molar-refractivity contribution in [1.29, 1.82) is 0 Å². The van der Waals surface area contributed by atoms with E-state index >= 15 is 0 Å². The van der Waals surface area contributed by atoms with Crippen LogP contribution < -0.4 is 5.32 Å². The van der Waals surface area contributed by atoms with Gasteiger partial charge in [0.15, 0.2) is 0 Å². The molecule has 0 amide bonds. The summed E-state index contributed by atoms with van der Waals surface area (Å²) in [5, 5.41) is 3.14. The number of benzene rings is 1. The summed E-state index contributed by atoms with van der Waals surface area (Å²) in [7, 11) is 1.40. The number of hydrogen-bond acceptors (Lipinski definition) is 3. The Morgan fingerprint density at radius 3 is 2.61 bits per heavy atom. The van der Waals surface area contributed by atoms with Gasteiger partial charge in [0.25, 0.3) is 0 Å². The standard InChI is InChI=1S/C15H19NO2/c1-4-11-15(14(17)18-3,16-12-5-2)13-9-7-6-8-10-13/h2,6-10,16H,4,11-12H2,1,3H3. The molecule has 0 radical (unpaired) electrons. The zero-order chi connectivity index (χ0) is 13.4. The maximum absolute atomic E-state index is 12.2. The van der Waals surface area contributed by atoms with Crippen LogP contribution in [0.15, 0.2) is 30.3 Å². The largest absolute Gasteiger partial charge is 0.467 e. The molecule has 0 aliphatic carbocycles. The Morgan fingerprint density at radius 2 is 2.11 bits per heavy atom. The van der Waals surface area contributed by atoms with Gasteiger partial charge < -0.3 is 4.74 Å². The lowest BCUT2D eigenvalue weighted by Crippen LogP contribution is -2.50. The zero-order valence-electron chi connectivity index (χ0n) is 10.9. The summed E-state index contributed by atoms with van der Waals surface area (Å²) in [5.74, 6) is 2.21. The van der Waals surface area contributed by atoms with Gasteiger partial charge in [0.1, 0.15) is 5.54 Å². The van der Waals surface area contributed by atoms with Crippen molar-refractivity contribution in [2.45, 2.75) is 25.3 Å². The van der Waals surface area contributed by atoms with Gasteiger partial charge in [0, 0.05) is 0 Å². The van der Waals surface area contributed by atoms with Crippen molar-refractivity contribution in [3.8, 4) is 12.3 Å². The van der Waals surface area contributed by atoms with Crippen molar-refractivity contribution in [2.24, 2.45) is 0 Å². The number of methoxy groups -OCH3 is 1. The van der Waals surface area contributed by atoms with Gasteiger partial charge in [-0.15, -0.1) is 6.42 Å². The fourth-order valence-corrected chi connectivity index (χ4v) is 2.10. The van der Waals surface area contributed by atoms with Gasteiger partial charge in [0.2, 0.25) is 0 Å². The second-order valence-electron chi connectivity index (χ2n) is 4.07. The van der Waals surface area contributed by atoms with Crippen LogP contribution >= 0.6 is 0 Å². The van der Waals surface area contributed by atoms with Crippen LogP contribution in [0, 0.1) is 12.3 Å². The number of esters is 1. The van der Waals surface area contributed by atoms with Crippen LogP contribution in [0.2, 0.25) is 0 Å². The Labute approximate surface area is 109 Å². The van der Waals surface area contributed by atoms with E-state index in [9.17, 15) is 4.79 Å².